The summed E-state index contributed by atoms with van der Waals surface area (Å²) in [6.45, 7) is 1.84. The van der Waals surface area contributed by atoms with E-state index >= 15 is 0 Å². The van der Waals surface area contributed by atoms with Gasteiger partial charge in [-0.1, -0.05) is 12.8 Å². The molecule has 1 aromatic heterocycles. The Hall–Kier alpha value is -1.49. The normalized spacial score (nSPS) is 24.4. The fourth-order valence-corrected chi connectivity index (χ4v) is 2.09. The van der Waals surface area contributed by atoms with Gasteiger partial charge in [-0.05, 0) is 19.8 Å². The Morgan fingerprint density at radius 1 is 1.35 bits per heavy atom. The summed E-state index contributed by atoms with van der Waals surface area (Å²) >= 11 is 0. The second-order valence-corrected chi connectivity index (χ2v) is 4.57. The molecule has 0 radical (unpaired) electrons. The van der Waals surface area contributed by atoms with E-state index in [4.69, 9.17) is 5.73 Å². The van der Waals surface area contributed by atoms with E-state index in [1.165, 1.54) is 6.20 Å². The van der Waals surface area contributed by atoms with Crippen molar-refractivity contribution in [3.63, 3.8) is 0 Å². The van der Waals surface area contributed by atoms with Crippen molar-refractivity contribution in [2.75, 3.05) is 0 Å². The van der Waals surface area contributed by atoms with Crippen LogP contribution in [0.3, 0.4) is 0 Å². The smallest absolute Gasteiger partial charge is 0.271 e. The van der Waals surface area contributed by atoms with Crippen LogP contribution in [0.15, 0.2) is 12.4 Å². The molecule has 1 saturated carbocycles. The Kier molecular flexibility index (Phi) is 3.68. The van der Waals surface area contributed by atoms with E-state index in [1.807, 2.05) is 6.92 Å². The van der Waals surface area contributed by atoms with E-state index < -0.39 is 0 Å². The number of nitrogens with two attached hydrogens (primary N) is 1. The van der Waals surface area contributed by atoms with Gasteiger partial charge in [-0.25, -0.2) is 4.98 Å². The Balaban J connectivity index is 1.98. The van der Waals surface area contributed by atoms with Gasteiger partial charge < -0.3 is 11.1 Å². The third-order valence-electron chi connectivity index (χ3n) is 3.15. The van der Waals surface area contributed by atoms with Gasteiger partial charge >= 0.3 is 0 Å². The molecule has 0 unspecified atom stereocenters. The number of amides is 1. The fraction of sp³-hybridized carbons (Fsp3) is 0.583. The Morgan fingerprint density at radius 3 is 2.76 bits per heavy atom. The quantitative estimate of drug-likeness (QED) is 0.792. The molecule has 0 bridgehead atoms. The van der Waals surface area contributed by atoms with Gasteiger partial charge in [0.25, 0.3) is 5.91 Å². The molecule has 5 heteroatoms. The monoisotopic (exact) mass is 234 g/mol. The maximum Gasteiger partial charge on any atom is 0.271 e. The highest BCUT2D eigenvalue weighted by Gasteiger charge is 2.24. The van der Waals surface area contributed by atoms with E-state index in [1.54, 1.807) is 6.20 Å². The molecule has 3 N–H and O–H groups in total. The zero-order valence-electron chi connectivity index (χ0n) is 10.0. The highest BCUT2D eigenvalue weighted by molar-refractivity contribution is 5.92. The minimum Gasteiger partial charge on any atom is -0.346 e. The number of carbonyl (C=O) groups excluding carboxylic acids is 1. The third-order valence-corrected chi connectivity index (χ3v) is 3.15. The molecule has 2 atom stereocenters. The number of aryl methyl sites for hydroxylation is 1. The van der Waals surface area contributed by atoms with Crippen LogP contribution in [0.1, 0.15) is 41.9 Å². The van der Waals surface area contributed by atoms with Crippen LogP contribution in [0.25, 0.3) is 0 Å². The van der Waals surface area contributed by atoms with Crippen molar-refractivity contribution in [3.05, 3.63) is 23.8 Å². The average molecular weight is 234 g/mol. The molecule has 2 rings (SSSR count). The Morgan fingerprint density at radius 2 is 2.12 bits per heavy atom. The van der Waals surface area contributed by atoms with Crippen molar-refractivity contribution in [1.29, 1.82) is 0 Å². The molecular formula is C12H18N4O. The molecule has 1 amide bonds. The molecular weight excluding hydrogens is 216 g/mol. The fourth-order valence-electron chi connectivity index (χ4n) is 2.09. The SMILES string of the molecule is Cc1cnc(C(=O)N[C@@H]2CCCC[C@H]2N)cn1. The maximum atomic E-state index is 11.9. The van der Waals surface area contributed by atoms with Crippen LogP contribution >= 0.6 is 0 Å². The van der Waals surface area contributed by atoms with Crippen molar-refractivity contribution in [2.45, 2.75) is 44.7 Å². The first-order valence-corrected chi connectivity index (χ1v) is 6.02. The largest absolute Gasteiger partial charge is 0.346 e. The van der Waals surface area contributed by atoms with Crippen molar-refractivity contribution >= 4 is 5.91 Å². The van der Waals surface area contributed by atoms with Gasteiger partial charge in [0.1, 0.15) is 5.69 Å². The van der Waals surface area contributed by atoms with Crippen LogP contribution in [-0.4, -0.2) is 28.0 Å². The van der Waals surface area contributed by atoms with E-state index in [2.05, 4.69) is 15.3 Å². The first-order valence-electron chi connectivity index (χ1n) is 6.02. The van der Waals surface area contributed by atoms with Gasteiger partial charge in [0.15, 0.2) is 0 Å². The summed E-state index contributed by atoms with van der Waals surface area (Å²) in [5, 5.41) is 2.94. The molecule has 92 valence electrons. The second-order valence-electron chi connectivity index (χ2n) is 4.57. The van der Waals surface area contributed by atoms with Crippen LogP contribution in [0.2, 0.25) is 0 Å². The Labute approximate surface area is 101 Å². The third kappa shape index (κ3) is 3.00. The first kappa shape index (κ1) is 12.0. The topological polar surface area (TPSA) is 80.9 Å². The number of nitrogens with zero attached hydrogens (tertiary/aromatic N) is 2. The molecule has 1 aromatic rings. The summed E-state index contributed by atoms with van der Waals surface area (Å²) in [6, 6.07) is 0.130. The minimum absolute atomic E-state index is 0.0612. The first-order chi connectivity index (χ1) is 8.16. The van der Waals surface area contributed by atoms with E-state index in [0.29, 0.717) is 5.69 Å². The number of nitrogens with one attached hydrogen (secondary N) is 1. The lowest BCUT2D eigenvalue weighted by Gasteiger charge is -2.29. The molecule has 1 fully saturated rings. The summed E-state index contributed by atoms with van der Waals surface area (Å²) in [4.78, 5) is 20.0. The minimum atomic E-state index is -0.181. The molecule has 1 aliphatic rings. The predicted octanol–water partition coefficient (Wildman–Crippen LogP) is 0.785. The highest BCUT2D eigenvalue weighted by atomic mass is 16.1. The zero-order valence-corrected chi connectivity index (χ0v) is 10.0. The van der Waals surface area contributed by atoms with Gasteiger partial charge in [0, 0.05) is 18.3 Å². The summed E-state index contributed by atoms with van der Waals surface area (Å²) in [5.74, 6) is -0.181. The summed E-state index contributed by atoms with van der Waals surface area (Å²) < 4.78 is 0. The van der Waals surface area contributed by atoms with Gasteiger partial charge in [-0.3, -0.25) is 9.78 Å². The second kappa shape index (κ2) is 5.23. The predicted molar refractivity (Wildman–Crippen MR) is 64.5 cm³/mol. The van der Waals surface area contributed by atoms with Gasteiger partial charge in [-0.15, -0.1) is 0 Å². The number of hydrogen-bond acceptors (Lipinski definition) is 4. The molecule has 5 nitrogen and oxygen atoms in total. The van der Waals surface area contributed by atoms with Crippen molar-refractivity contribution in [1.82, 2.24) is 15.3 Å². The Bertz CT molecular complexity index is 390. The van der Waals surface area contributed by atoms with Crippen LogP contribution in [0, 0.1) is 6.92 Å². The lowest BCUT2D eigenvalue weighted by molar-refractivity contribution is 0.0915. The van der Waals surface area contributed by atoms with Gasteiger partial charge in [-0.2, -0.15) is 0 Å². The number of hydrogen-bond donors (Lipinski definition) is 2. The highest BCUT2D eigenvalue weighted by Crippen LogP contribution is 2.17. The zero-order chi connectivity index (χ0) is 12.3. The van der Waals surface area contributed by atoms with Crippen LogP contribution in [-0.2, 0) is 0 Å². The molecule has 1 heterocycles. The summed E-state index contributed by atoms with van der Waals surface area (Å²) in [7, 11) is 0. The summed E-state index contributed by atoms with van der Waals surface area (Å²) in [6.07, 6.45) is 7.29. The molecule has 0 aromatic carbocycles. The maximum absolute atomic E-state index is 11.9. The van der Waals surface area contributed by atoms with Gasteiger partial charge in [0.05, 0.1) is 11.9 Å². The van der Waals surface area contributed by atoms with Gasteiger partial charge in [0.2, 0.25) is 0 Å². The summed E-state index contributed by atoms with van der Waals surface area (Å²) in [5.41, 5.74) is 7.14. The lowest BCUT2D eigenvalue weighted by Crippen LogP contribution is -2.49. The molecule has 0 aliphatic heterocycles. The van der Waals surface area contributed by atoms with Crippen molar-refractivity contribution in [2.24, 2.45) is 5.73 Å². The molecule has 0 spiro atoms. The molecule has 0 saturated heterocycles. The van der Waals surface area contributed by atoms with Crippen LogP contribution in [0.4, 0.5) is 0 Å². The van der Waals surface area contributed by atoms with Crippen molar-refractivity contribution < 1.29 is 4.79 Å². The number of carbonyl (C=O) groups is 1. The molecule has 1 aliphatic carbocycles. The van der Waals surface area contributed by atoms with Crippen LogP contribution in [0.5, 0.6) is 0 Å². The van der Waals surface area contributed by atoms with E-state index in [0.717, 1.165) is 31.4 Å². The number of aromatic nitrogens is 2. The lowest BCUT2D eigenvalue weighted by atomic mass is 9.91. The average Bonchev–Trinajstić information content (AvgIpc) is 2.33. The van der Waals surface area contributed by atoms with E-state index in [9.17, 15) is 4.79 Å². The van der Waals surface area contributed by atoms with Crippen LogP contribution < -0.4 is 11.1 Å². The van der Waals surface area contributed by atoms with Crippen molar-refractivity contribution in [3.8, 4) is 0 Å². The molecule has 17 heavy (non-hydrogen) atoms. The standard InChI is InChI=1S/C12H18N4O/c1-8-6-15-11(7-14-8)12(17)16-10-5-3-2-4-9(10)13/h6-7,9-10H,2-5,13H2,1H3,(H,16,17)/t9-,10-/m1/s1. The van der Waals surface area contributed by atoms with E-state index in [-0.39, 0.29) is 18.0 Å². The number of rotatable bonds is 2.